The Morgan fingerprint density at radius 1 is 1.19 bits per heavy atom. The van der Waals surface area contributed by atoms with E-state index in [0.717, 1.165) is 22.0 Å². The SMILES string of the molecule is CC(C)Nc1ccc(Oc2ncc(-c3ccn[nH]3)s2)cc1. The van der Waals surface area contributed by atoms with E-state index in [1.165, 1.54) is 11.3 Å². The number of nitrogens with one attached hydrogen (secondary N) is 2. The molecule has 0 unspecified atom stereocenters. The van der Waals surface area contributed by atoms with Crippen molar-refractivity contribution in [3.63, 3.8) is 0 Å². The molecule has 0 saturated carbocycles. The number of thiazole rings is 1. The minimum atomic E-state index is 0.410. The zero-order valence-corrected chi connectivity index (χ0v) is 12.6. The Kier molecular flexibility index (Phi) is 3.87. The Balaban J connectivity index is 1.69. The molecule has 0 aliphatic rings. The quantitative estimate of drug-likeness (QED) is 0.743. The first-order valence-electron chi connectivity index (χ1n) is 6.71. The predicted molar refractivity (Wildman–Crippen MR) is 85.0 cm³/mol. The van der Waals surface area contributed by atoms with E-state index in [1.54, 1.807) is 12.4 Å². The molecule has 2 aromatic heterocycles. The van der Waals surface area contributed by atoms with Gasteiger partial charge in [-0.1, -0.05) is 11.3 Å². The Morgan fingerprint density at radius 2 is 2.00 bits per heavy atom. The van der Waals surface area contributed by atoms with Crippen LogP contribution in [0, 0.1) is 0 Å². The summed E-state index contributed by atoms with van der Waals surface area (Å²) in [4.78, 5) is 5.27. The molecule has 108 valence electrons. The van der Waals surface area contributed by atoms with Gasteiger partial charge >= 0.3 is 0 Å². The highest BCUT2D eigenvalue weighted by Crippen LogP contribution is 2.32. The smallest absolute Gasteiger partial charge is 0.279 e. The van der Waals surface area contributed by atoms with Crippen molar-refractivity contribution in [2.24, 2.45) is 0 Å². The molecule has 0 bridgehead atoms. The zero-order valence-electron chi connectivity index (χ0n) is 11.8. The fourth-order valence-corrected chi connectivity index (χ4v) is 2.64. The number of benzene rings is 1. The number of H-pyrrole nitrogens is 1. The first-order chi connectivity index (χ1) is 10.2. The lowest BCUT2D eigenvalue weighted by molar-refractivity contribution is 0.479. The number of nitrogens with zero attached hydrogens (tertiary/aromatic N) is 2. The van der Waals surface area contributed by atoms with Crippen molar-refractivity contribution in [3.05, 3.63) is 42.7 Å². The van der Waals surface area contributed by atoms with Crippen molar-refractivity contribution in [2.75, 3.05) is 5.32 Å². The van der Waals surface area contributed by atoms with E-state index in [4.69, 9.17) is 4.74 Å². The first-order valence-corrected chi connectivity index (χ1v) is 7.52. The average molecular weight is 300 g/mol. The first kappa shape index (κ1) is 13.6. The van der Waals surface area contributed by atoms with Crippen LogP contribution in [-0.4, -0.2) is 21.2 Å². The summed E-state index contributed by atoms with van der Waals surface area (Å²) in [6.45, 7) is 4.22. The van der Waals surface area contributed by atoms with Gasteiger partial charge in [-0.25, -0.2) is 4.98 Å². The van der Waals surface area contributed by atoms with Gasteiger partial charge in [-0.3, -0.25) is 5.10 Å². The molecular formula is C15H16N4OS. The minimum Gasteiger partial charge on any atom is -0.431 e. The van der Waals surface area contributed by atoms with Crippen molar-refractivity contribution < 1.29 is 4.74 Å². The monoisotopic (exact) mass is 300 g/mol. The van der Waals surface area contributed by atoms with E-state index >= 15 is 0 Å². The third kappa shape index (κ3) is 3.41. The number of aromatic amines is 1. The van der Waals surface area contributed by atoms with Gasteiger partial charge in [0.2, 0.25) is 0 Å². The molecule has 0 aliphatic heterocycles. The minimum absolute atomic E-state index is 0.410. The van der Waals surface area contributed by atoms with Crippen LogP contribution < -0.4 is 10.1 Å². The second kappa shape index (κ2) is 5.97. The highest BCUT2D eigenvalue weighted by molar-refractivity contribution is 7.16. The number of aromatic nitrogens is 3. The molecule has 1 aromatic carbocycles. The summed E-state index contributed by atoms with van der Waals surface area (Å²) >= 11 is 1.48. The third-order valence-corrected chi connectivity index (χ3v) is 3.67. The molecular weight excluding hydrogens is 284 g/mol. The molecule has 0 spiro atoms. The maximum absolute atomic E-state index is 5.76. The van der Waals surface area contributed by atoms with Gasteiger partial charge in [0, 0.05) is 17.9 Å². The van der Waals surface area contributed by atoms with Gasteiger partial charge in [-0.05, 0) is 44.2 Å². The van der Waals surface area contributed by atoms with Crippen molar-refractivity contribution >= 4 is 17.0 Å². The molecule has 2 N–H and O–H groups in total. The van der Waals surface area contributed by atoms with Crippen LogP contribution in [0.3, 0.4) is 0 Å². The molecule has 0 fully saturated rings. The summed E-state index contributed by atoms with van der Waals surface area (Å²) in [7, 11) is 0. The molecule has 3 rings (SSSR count). The van der Waals surface area contributed by atoms with Crippen LogP contribution in [0.1, 0.15) is 13.8 Å². The largest absolute Gasteiger partial charge is 0.431 e. The molecule has 0 aliphatic carbocycles. The van der Waals surface area contributed by atoms with Crippen molar-refractivity contribution in [1.82, 2.24) is 15.2 Å². The summed E-state index contributed by atoms with van der Waals surface area (Å²) in [5, 5.41) is 10.8. The summed E-state index contributed by atoms with van der Waals surface area (Å²) in [6.07, 6.45) is 3.50. The average Bonchev–Trinajstić information content (AvgIpc) is 3.11. The van der Waals surface area contributed by atoms with E-state index in [1.807, 2.05) is 30.3 Å². The van der Waals surface area contributed by atoms with Crippen molar-refractivity contribution in [3.8, 4) is 21.5 Å². The maximum atomic E-state index is 5.76. The van der Waals surface area contributed by atoms with Crippen molar-refractivity contribution in [1.29, 1.82) is 0 Å². The van der Waals surface area contributed by atoms with Gasteiger partial charge in [0.1, 0.15) is 5.75 Å². The van der Waals surface area contributed by atoms with Crippen LogP contribution in [0.5, 0.6) is 10.9 Å². The van der Waals surface area contributed by atoms with Crippen molar-refractivity contribution in [2.45, 2.75) is 19.9 Å². The fraction of sp³-hybridized carbons (Fsp3) is 0.200. The Hall–Kier alpha value is -2.34. The second-order valence-electron chi connectivity index (χ2n) is 4.89. The number of anilines is 1. The normalized spacial score (nSPS) is 10.8. The standard InChI is InChI=1S/C15H16N4OS/c1-10(2)18-11-3-5-12(6-4-11)20-15-16-9-14(21-15)13-7-8-17-19-13/h3-10,18H,1-2H3,(H,17,19). The van der Waals surface area contributed by atoms with Gasteiger partial charge in [0.25, 0.3) is 5.19 Å². The van der Waals surface area contributed by atoms with E-state index < -0.39 is 0 Å². The zero-order chi connectivity index (χ0) is 14.7. The van der Waals surface area contributed by atoms with Crippen LogP contribution in [0.15, 0.2) is 42.7 Å². The number of rotatable bonds is 5. The van der Waals surface area contributed by atoms with Gasteiger partial charge < -0.3 is 10.1 Å². The second-order valence-corrected chi connectivity index (χ2v) is 5.88. The Labute approximate surface area is 127 Å². The van der Waals surface area contributed by atoms with Crippen LogP contribution in [0.25, 0.3) is 10.6 Å². The molecule has 2 heterocycles. The Bertz CT molecular complexity index is 689. The van der Waals surface area contributed by atoms with E-state index in [-0.39, 0.29) is 0 Å². The summed E-state index contributed by atoms with van der Waals surface area (Å²) in [5.74, 6) is 0.773. The van der Waals surface area contributed by atoms with E-state index in [0.29, 0.717) is 11.2 Å². The molecule has 0 saturated heterocycles. The van der Waals surface area contributed by atoms with Crippen LogP contribution in [0.4, 0.5) is 5.69 Å². The molecule has 21 heavy (non-hydrogen) atoms. The fourth-order valence-electron chi connectivity index (χ4n) is 1.88. The van der Waals surface area contributed by atoms with Crippen LogP contribution in [-0.2, 0) is 0 Å². The maximum Gasteiger partial charge on any atom is 0.279 e. The van der Waals surface area contributed by atoms with E-state index in [2.05, 4.69) is 34.3 Å². The predicted octanol–water partition coefficient (Wildman–Crippen LogP) is 4.15. The lowest BCUT2D eigenvalue weighted by Gasteiger charge is -2.10. The summed E-state index contributed by atoms with van der Waals surface area (Å²) in [6, 6.07) is 10.2. The van der Waals surface area contributed by atoms with Gasteiger partial charge in [0.05, 0.1) is 16.8 Å². The number of hydrogen-bond acceptors (Lipinski definition) is 5. The van der Waals surface area contributed by atoms with Gasteiger partial charge in [-0.15, -0.1) is 0 Å². The highest BCUT2D eigenvalue weighted by atomic mass is 32.1. The molecule has 6 heteroatoms. The number of ether oxygens (including phenoxy) is 1. The van der Waals surface area contributed by atoms with Crippen LogP contribution in [0.2, 0.25) is 0 Å². The summed E-state index contributed by atoms with van der Waals surface area (Å²) in [5.41, 5.74) is 2.02. The highest BCUT2D eigenvalue weighted by Gasteiger charge is 2.07. The van der Waals surface area contributed by atoms with Crippen LogP contribution >= 0.6 is 11.3 Å². The molecule has 5 nitrogen and oxygen atoms in total. The summed E-state index contributed by atoms with van der Waals surface area (Å²) < 4.78 is 5.76. The molecule has 0 atom stereocenters. The molecule has 0 radical (unpaired) electrons. The lowest BCUT2D eigenvalue weighted by atomic mass is 10.3. The number of hydrogen-bond donors (Lipinski definition) is 2. The molecule has 0 amide bonds. The van der Waals surface area contributed by atoms with Gasteiger partial charge in [-0.2, -0.15) is 5.10 Å². The topological polar surface area (TPSA) is 62.8 Å². The Morgan fingerprint density at radius 3 is 2.67 bits per heavy atom. The molecule has 3 aromatic rings. The van der Waals surface area contributed by atoms with Gasteiger partial charge in [0.15, 0.2) is 0 Å². The van der Waals surface area contributed by atoms with E-state index in [9.17, 15) is 0 Å². The third-order valence-electron chi connectivity index (χ3n) is 2.77. The lowest BCUT2D eigenvalue weighted by Crippen LogP contribution is -2.09.